The molecule has 0 N–H and O–H groups in total. The summed E-state index contributed by atoms with van der Waals surface area (Å²) in [6.45, 7) is 1.85. The van der Waals surface area contributed by atoms with Crippen LogP contribution >= 0.6 is 0 Å². The SMILES string of the molecule is CC(F)CO[C@@H]1CCC[C@@H]1C[SiH3]. The van der Waals surface area contributed by atoms with Crippen LogP contribution in [-0.2, 0) is 4.74 Å². The minimum Gasteiger partial charge on any atom is -0.375 e. The predicted molar refractivity (Wildman–Crippen MR) is 52.4 cm³/mol. The van der Waals surface area contributed by atoms with Crippen molar-refractivity contribution < 1.29 is 9.13 Å². The van der Waals surface area contributed by atoms with Crippen LogP contribution in [0.25, 0.3) is 0 Å². The average Bonchev–Trinajstić information content (AvgIpc) is 2.47. The zero-order valence-corrected chi connectivity index (χ0v) is 10.1. The molecule has 72 valence electrons. The second kappa shape index (κ2) is 4.97. The molecule has 0 heterocycles. The van der Waals surface area contributed by atoms with Gasteiger partial charge in [-0.05, 0) is 25.7 Å². The third-order valence-electron chi connectivity index (χ3n) is 2.65. The van der Waals surface area contributed by atoms with E-state index in [1.807, 2.05) is 0 Å². The normalized spacial score (nSPS) is 32.5. The third-order valence-corrected chi connectivity index (χ3v) is 3.70. The molecular formula is C9H19FOSi. The molecule has 0 saturated heterocycles. The molecule has 1 rings (SSSR count). The van der Waals surface area contributed by atoms with Gasteiger partial charge in [0.15, 0.2) is 0 Å². The lowest BCUT2D eigenvalue weighted by Gasteiger charge is -2.18. The van der Waals surface area contributed by atoms with E-state index in [0.29, 0.717) is 12.7 Å². The van der Waals surface area contributed by atoms with E-state index in [4.69, 9.17) is 4.74 Å². The summed E-state index contributed by atoms with van der Waals surface area (Å²) in [7, 11) is 1.25. The molecule has 1 saturated carbocycles. The van der Waals surface area contributed by atoms with E-state index in [-0.39, 0.29) is 0 Å². The van der Waals surface area contributed by atoms with Crippen molar-refractivity contribution in [2.45, 2.75) is 44.5 Å². The van der Waals surface area contributed by atoms with Crippen molar-refractivity contribution in [1.29, 1.82) is 0 Å². The Morgan fingerprint density at radius 1 is 1.58 bits per heavy atom. The molecule has 1 aliphatic rings. The van der Waals surface area contributed by atoms with Gasteiger partial charge in [-0.15, -0.1) is 0 Å². The zero-order chi connectivity index (χ0) is 8.97. The van der Waals surface area contributed by atoms with E-state index < -0.39 is 6.17 Å². The topological polar surface area (TPSA) is 9.23 Å². The van der Waals surface area contributed by atoms with Gasteiger partial charge in [0.1, 0.15) is 6.17 Å². The second-order valence-electron chi connectivity index (χ2n) is 3.75. The molecule has 0 spiro atoms. The van der Waals surface area contributed by atoms with E-state index in [0.717, 1.165) is 12.3 Å². The van der Waals surface area contributed by atoms with Crippen LogP contribution in [0.1, 0.15) is 26.2 Å². The molecule has 1 unspecified atom stereocenters. The molecule has 0 radical (unpaired) electrons. The van der Waals surface area contributed by atoms with Gasteiger partial charge < -0.3 is 4.74 Å². The number of alkyl halides is 1. The van der Waals surface area contributed by atoms with Crippen molar-refractivity contribution in [1.82, 2.24) is 0 Å². The quantitative estimate of drug-likeness (QED) is 0.607. The van der Waals surface area contributed by atoms with Gasteiger partial charge in [0, 0.05) is 10.2 Å². The highest BCUT2D eigenvalue weighted by Crippen LogP contribution is 2.30. The maximum atomic E-state index is 12.5. The number of ether oxygens (including phenoxy) is 1. The van der Waals surface area contributed by atoms with Crippen LogP contribution in [0.4, 0.5) is 4.39 Å². The van der Waals surface area contributed by atoms with E-state index in [2.05, 4.69) is 0 Å². The van der Waals surface area contributed by atoms with Crippen molar-refractivity contribution in [3.63, 3.8) is 0 Å². The Kier molecular flexibility index (Phi) is 4.22. The van der Waals surface area contributed by atoms with Crippen molar-refractivity contribution in [3.05, 3.63) is 0 Å². The highest BCUT2D eigenvalue weighted by atomic mass is 28.1. The first-order chi connectivity index (χ1) is 5.74. The lowest BCUT2D eigenvalue weighted by Crippen LogP contribution is -2.21. The van der Waals surface area contributed by atoms with Gasteiger partial charge in [-0.3, -0.25) is 0 Å². The Balaban J connectivity index is 2.21. The van der Waals surface area contributed by atoms with Crippen molar-refractivity contribution in [3.8, 4) is 0 Å². The highest BCUT2D eigenvalue weighted by molar-refractivity contribution is 6.08. The van der Waals surface area contributed by atoms with Crippen LogP contribution in [0, 0.1) is 5.92 Å². The Labute approximate surface area is 77.1 Å². The summed E-state index contributed by atoms with van der Waals surface area (Å²) < 4.78 is 18.0. The molecule has 0 aromatic carbocycles. The van der Waals surface area contributed by atoms with Crippen LogP contribution in [-0.4, -0.2) is 29.1 Å². The minimum atomic E-state index is -0.805. The Hall–Kier alpha value is 0.107. The molecule has 1 fully saturated rings. The average molecular weight is 190 g/mol. The zero-order valence-electron chi connectivity index (χ0n) is 8.05. The first kappa shape index (κ1) is 10.2. The molecule has 12 heavy (non-hydrogen) atoms. The molecule has 0 aliphatic heterocycles. The van der Waals surface area contributed by atoms with E-state index >= 15 is 0 Å². The standard InChI is InChI=1S/C9H19FOSi/c1-7(10)5-11-9-4-2-3-8(9)6-12/h7-9H,2-6H2,1,12H3/t7?,8-,9-/m1/s1. The van der Waals surface area contributed by atoms with Crippen molar-refractivity contribution >= 4 is 10.2 Å². The fourth-order valence-corrected chi connectivity index (χ4v) is 2.88. The van der Waals surface area contributed by atoms with Crippen LogP contribution in [0.15, 0.2) is 0 Å². The maximum absolute atomic E-state index is 12.5. The lowest BCUT2D eigenvalue weighted by molar-refractivity contribution is 0.00650. The molecule has 0 amide bonds. The monoisotopic (exact) mass is 190 g/mol. The molecule has 3 heteroatoms. The first-order valence-electron chi connectivity index (χ1n) is 4.99. The van der Waals surface area contributed by atoms with E-state index in [1.165, 1.54) is 29.1 Å². The van der Waals surface area contributed by atoms with Crippen LogP contribution in [0.5, 0.6) is 0 Å². The van der Waals surface area contributed by atoms with E-state index in [9.17, 15) is 4.39 Å². The molecule has 1 nitrogen and oxygen atoms in total. The predicted octanol–water partition coefficient (Wildman–Crippen LogP) is 1.31. The molecule has 3 atom stereocenters. The summed E-state index contributed by atoms with van der Waals surface area (Å²) in [5.74, 6) is 0.746. The maximum Gasteiger partial charge on any atom is 0.121 e. The lowest BCUT2D eigenvalue weighted by atomic mass is 10.1. The number of hydrogen-bond acceptors (Lipinski definition) is 1. The minimum absolute atomic E-state index is 0.294. The molecule has 0 bridgehead atoms. The fraction of sp³-hybridized carbons (Fsp3) is 1.00. The summed E-state index contributed by atoms with van der Waals surface area (Å²) in [6.07, 6.45) is 3.30. The smallest absolute Gasteiger partial charge is 0.121 e. The summed E-state index contributed by atoms with van der Waals surface area (Å²) in [4.78, 5) is 0. The van der Waals surface area contributed by atoms with Crippen LogP contribution < -0.4 is 0 Å². The van der Waals surface area contributed by atoms with Gasteiger partial charge in [-0.2, -0.15) is 0 Å². The fourth-order valence-electron chi connectivity index (χ4n) is 1.95. The molecule has 0 aromatic rings. The number of hydrogen-bond donors (Lipinski definition) is 0. The van der Waals surface area contributed by atoms with Crippen molar-refractivity contribution in [2.75, 3.05) is 6.61 Å². The van der Waals surface area contributed by atoms with Crippen LogP contribution in [0.3, 0.4) is 0 Å². The van der Waals surface area contributed by atoms with Gasteiger partial charge in [0.25, 0.3) is 0 Å². The van der Waals surface area contributed by atoms with Gasteiger partial charge in [0.05, 0.1) is 12.7 Å². The summed E-state index contributed by atoms with van der Waals surface area (Å²) in [5, 5.41) is 0. The highest BCUT2D eigenvalue weighted by Gasteiger charge is 2.26. The Bertz CT molecular complexity index is 130. The third kappa shape index (κ3) is 2.86. The first-order valence-corrected chi connectivity index (χ1v) is 6.41. The van der Waals surface area contributed by atoms with Gasteiger partial charge in [0.2, 0.25) is 0 Å². The molecular weight excluding hydrogens is 171 g/mol. The Morgan fingerprint density at radius 3 is 2.92 bits per heavy atom. The summed E-state index contributed by atoms with van der Waals surface area (Å²) in [5.41, 5.74) is 0. The molecule has 1 aliphatic carbocycles. The van der Waals surface area contributed by atoms with Crippen molar-refractivity contribution in [2.24, 2.45) is 5.92 Å². The largest absolute Gasteiger partial charge is 0.375 e. The number of rotatable bonds is 4. The van der Waals surface area contributed by atoms with Crippen LogP contribution in [0.2, 0.25) is 6.04 Å². The van der Waals surface area contributed by atoms with Gasteiger partial charge in [-0.1, -0.05) is 12.5 Å². The van der Waals surface area contributed by atoms with Gasteiger partial charge >= 0.3 is 0 Å². The second-order valence-corrected chi connectivity index (χ2v) is 4.57. The van der Waals surface area contributed by atoms with Gasteiger partial charge in [-0.25, -0.2) is 4.39 Å². The summed E-state index contributed by atoms with van der Waals surface area (Å²) >= 11 is 0. The number of halogens is 1. The van der Waals surface area contributed by atoms with E-state index in [1.54, 1.807) is 6.92 Å². The summed E-state index contributed by atoms with van der Waals surface area (Å²) in [6, 6.07) is 1.31. The Morgan fingerprint density at radius 2 is 2.33 bits per heavy atom. The molecule has 0 aromatic heterocycles.